The van der Waals surface area contributed by atoms with E-state index in [0.717, 1.165) is 6.54 Å². The van der Waals surface area contributed by atoms with Gasteiger partial charge in [0.05, 0.1) is 0 Å². The van der Waals surface area contributed by atoms with Crippen molar-refractivity contribution >= 4 is 0 Å². The summed E-state index contributed by atoms with van der Waals surface area (Å²) in [6, 6.07) is 9.38. The van der Waals surface area contributed by atoms with Crippen molar-refractivity contribution in [3.05, 3.63) is 35.4 Å². The summed E-state index contributed by atoms with van der Waals surface area (Å²) in [5, 5.41) is 6.52. The van der Waals surface area contributed by atoms with Crippen LogP contribution in [0.25, 0.3) is 0 Å². The molecule has 0 saturated carbocycles. The Morgan fingerprint density at radius 1 is 1.06 bits per heavy atom. The fourth-order valence-electron chi connectivity index (χ4n) is 1.88. The molecule has 0 aliphatic heterocycles. The van der Waals surface area contributed by atoms with Crippen molar-refractivity contribution < 1.29 is 0 Å². The van der Waals surface area contributed by atoms with Gasteiger partial charge in [-0.05, 0) is 37.6 Å². The monoisotopic (exact) mass is 220 g/mol. The van der Waals surface area contributed by atoms with E-state index in [2.05, 4.69) is 48.7 Å². The molecule has 0 amide bonds. The van der Waals surface area contributed by atoms with Crippen molar-refractivity contribution in [3.63, 3.8) is 0 Å². The fourth-order valence-corrected chi connectivity index (χ4v) is 1.88. The molecule has 0 aromatic heterocycles. The van der Waals surface area contributed by atoms with Crippen molar-refractivity contribution in [1.82, 2.24) is 10.6 Å². The minimum atomic E-state index is 0.399. The molecule has 0 heterocycles. The molecule has 0 saturated heterocycles. The van der Waals surface area contributed by atoms with Gasteiger partial charge in [-0.1, -0.05) is 38.1 Å². The van der Waals surface area contributed by atoms with Gasteiger partial charge in [0.1, 0.15) is 0 Å². The average Bonchev–Trinajstić information content (AvgIpc) is 2.35. The summed E-state index contributed by atoms with van der Waals surface area (Å²) in [7, 11) is 3.99. The molecule has 90 valence electrons. The maximum absolute atomic E-state index is 3.32. The number of benzene rings is 1. The van der Waals surface area contributed by atoms with Crippen LogP contribution < -0.4 is 10.6 Å². The predicted molar refractivity (Wildman–Crippen MR) is 70.9 cm³/mol. The van der Waals surface area contributed by atoms with E-state index in [1.165, 1.54) is 17.5 Å². The van der Waals surface area contributed by atoms with Gasteiger partial charge < -0.3 is 10.6 Å². The van der Waals surface area contributed by atoms with Crippen LogP contribution in [0.5, 0.6) is 0 Å². The first-order chi connectivity index (χ1) is 7.72. The first-order valence-corrected chi connectivity index (χ1v) is 6.14. The van der Waals surface area contributed by atoms with Gasteiger partial charge in [0, 0.05) is 12.6 Å². The molecule has 0 aliphatic carbocycles. The van der Waals surface area contributed by atoms with E-state index in [1.807, 2.05) is 14.1 Å². The molecule has 2 heteroatoms. The van der Waals surface area contributed by atoms with Gasteiger partial charge in [-0.3, -0.25) is 0 Å². The molecule has 0 bridgehead atoms. The van der Waals surface area contributed by atoms with Crippen LogP contribution >= 0.6 is 0 Å². The van der Waals surface area contributed by atoms with Crippen molar-refractivity contribution in [2.24, 2.45) is 0 Å². The first kappa shape index (κ1) is 13.2. The Hall–Kier alpha value is -0.860. The van der Waals surface area contributed by atoms with Crippen LogP contribution in [0.15, 0.2) is 24.3 Å². The van der Waals surface area contributed by atoms with Gasteiger partial charge in [0.2, 0.25) is 0 Å². The zero-order valence-electron chi connectivity index (χ0n) is 10.9. The summed E-state index contributed by atoms with van der Waals surface area (Å²) in [6.07, 6.45) is 1.20. The van der Waals surface area contributed by atoms with Crippen LogP contribution in [0, 0.1) is 0 Å². The number of rotatable bonds is 6. The molecule has 2 unspecified atom stereocenters. The van der Waals surface area contributed by atoms with Gasteiger partial charge in [-0.25, -0.2) is 0 Å². The van der Waals surface area contributed by atoms with E-state index in [1.54, 1.807) is 0 Å². The quantitative estimate of drug-likeness (QED) is 0.770. The van der Waals surface area contributed by atoms with E-state index in [0.29, 0.717) is 12.0 Å². The van der Waals surface area contributed by atoms with Gasteiger partial charge in [-0.2, -0.15) is 0 Å². The third-order valence-electron chi connectivity index (χ3n) is 3.28. The SMILES string of the molecule is CCC(C)c1ccc(C(CNC)NC)cc1. The van der Waals surface area contributed by atoms with Crippen LogP contribution in [0.4, 0.5) is 0 Å². The number of hydrogen-bond donors (Lipinski definition) is 2. The van der Waals surface area contributed by atoms with Crippen molar-refractivity contribution in [3.8, 4) is 0 Å². The maximum Gasteiger partial charge on any atom is 0.0444 e. The van der Waals surface area contributed by atoms with Crippen molar-refractivity contribution in [2.75, 3.05) is 20.6 Å². The standard InChI is InChI=1S/C14H24N2/c1-5-11(2)12-6-8-13(9-7-12)14(16-4)10-15-3/h6-9,11,14-16H,5,10H2,1-4H3. The molecule has 1 aromatic carbocycles. The second-order valence-electron chi connectivity index (χ2n) is 4.37. The highest BCUT2D eigenvalue weighted by atomic mass is 14.9. The Balaban J connectivity index is 2.76. The largest absolute Gasteiger partial charge is 0.318 e. The molecular formula is C14H24N2. The highest BCUT2D eigenvalue weighted by Gasteiger charge is 2.08. The zero-order chi connectivity index (χ0) is 12.0. The Kier molecular flexibility index (Phi) is 5.50. The van der Waals surface area contributed by atoms with Crippen LogP contribution in [-0.4, -0.2) is 20.6 Å². The highest BCUT2D eigenvalue weighted by molar-refractivity contribution is 5.27. The molecule has 1 aromatic rings. The molecule has 0 aliphatic rings. The fraction of sp³-hybridized carbons (Fsp3) is 0.571. The van der Waals surface area contributed by atoms with Crippen molar-refractivity contribution in [1.29, 1.82) is 0 Å². The molecule has 0 spiro atoms. The van der Waals surface area contributed by atoms with Crippen LogP contribution in [0.2, 0.25) is 0 Å². The van der Waals surface area contributed by atoms with Crippen LogP contribution in [0.3, 0.4) is 0 Å². The molecule has 0 fully saturated rings. The molecular weight excluding hydrogens is 196 g/mol. The summed E-state index contributed by atoms with van der Waals surface area (Å²) < 4.78 is 0. The Labute approximate surface area is 99.5 Å². The number of hydrogen-bond acceptors (Lipinski definition) is 2. The summed E-state index contributed by atoms with van der Waals surface area (Å²) in [4.78, 5) is 0. The van der Waals surface area contributed by atoms with E-state index in [9.17, 15) is 0 Å². The molecule has 1 rings (SSSR count). The lowest BCUT2D eigenvalue weighted by Gasteiger charge is -2.17. The normalized spacial score (nSPS) is 14.8. The Morgan fingerprint density at radius 2 is 1.62 bits per heavy atom. The first-order valence-electron chi connectivity index (χ1n) is 6.14. The predicted octanol–water partition coefficient (Wildman–Crippen LogP) is 2.68. The minimum absolute atomic E-state index is 0.399. The second kappa shape index (κ2) is 6.66. The molecule has 0 radical (unpaired) electrons. The molecule has 2 atom stereocenters. The van der Waals surface area contributed by atoms with Gasteiger partial charge in [0.25, 0.3) is 0 Å². The Bertz CT molecular complexity index is 292. The van der Waals surface area contributed by atoms with E-state index in [4.69, 9.17) is 0 Å². The number of likely N-dealkylation sites (N-methyl/N-ethyl adjacent to an activating group) is 2. The van der Waals surface area contributed by atoms with Gasteiger partial charge >= 0.3 is 0 Å². The maximum atomic E-state index is 3.32. The summed E-state index contributed by atoms with van der Waals surface area (Å²) in [5.41, 5.74) is 2.79. The lowest BCUT2D eigenvalue weighted by molar-refractivity contribution is 0.558. The van der Waals surface area contributed by atoms with E-state index in [-0.39, 0.29) is 0 Å². The third-order valence-corrected chi connectivity index (χ3v) is 3.28. The lowest BCUT2D eigenvalue weighted by Crippen LogP contribution is -2.27. The molecule has 2 N–H and O–H groups in total. The number of nitrogens with one attached hydrogen (secondary N) is 2. The Morgan fingerprint density at radius 3 is 2.06 bits per heavy atom. The van der Waals surface area contributed by atoms with Gasteiger partial charge in [-0.15, -0.1) is 0 Å². The summed E-state index contributed by atoms with van der Waals surface area (Å²) in [6.45, 7) is 5.47. The average molecular weight is 220 g/mol. The summed E-state index contributed by atoms with van der Waals surface area (Å²) in [5.74, 6) is 0.659. The van der Waals surface area contributed by atoms with E-state index >= 15 is 0 Å². The molecule has 2 nitrogen and oxygen atoms in total. The van der Waals surface area contributed by atoms with Gasteiger partial charge in [0.15, 0.2) is 0 Å². The zero-order valence-corrected chi connectivity index (χ0v) is 10.9. The molecule has 16 heavy (non-hydrogen) atoms. The van der Waals surface area contributed by atoms with Crippen LogP contribution in [-0.2, 0) is 0 Å². The second-order valence-corrected chi connectivity index (χ2v) is 4.37. The highest BCUT2D eigenvalue weighted by Crippen LogP contribution is 2.20. The topological polar surface area (TPSA) is 24.1 Å². The smallest absolute Gasteiger partial charge is 0.0444 e. The summed E-state index contributed by atoms with van der Waals surface area (Å²) >= 11 is 0. The van der Waals surface area contributed by atoms with E-state index < -0.39 is 0 Å². The van der Waals surface area contributed by atoms with Crippen molar-refractivity contribution in [2.45, 2.75) is 32.2 Å². The third kappa shape index (κ3) is 3.32. The minimum Gasteiger partial charge on any atom is -0.318 e. The lowest BCUT2D eigenvalue weighted by atomic mass is 9.96. The van der Waals surface area contributed by atoms with Crippen LogP contribution in [0.1, 0.15) is 43.4 Å².